The van der Waals surface area contributed by atoms with E-state index in [0.29, 0.717) is 0 Å². The SMILES string of the molecule is c1ccc2cc(-n3c4cc(-n5c6ccccc6c6ccccc65)ccc4c4ccc(-n5c6ccccc6c6ccccc65)cc43)ccc2c1. The Balaban J connectivity index is 1.24. The molecule has 11 aromatic rings. The van der Waals surface area contributed by atoms with Crippen molar-refractivity contribution >= 4 is 76.2 Å². The highest BCUT2D eigenvalue weighted by Crippen LogP contribution is 2.39. The number of hydrogen-bond donors (Lipinski definition) is 0. The van der Waals surface area contributed by atoms with Crippen molar-refractivity contribution in [1.82, 2.24) is 13.7 Å². The number of benzene rings is 8. The Hall–Kier alpha value is -6.58. The standard InChI is InChI=1S/C46H29N3/c1-2-12-31-27-32(22-21-30(31)11-1)49-45-28-33(47-41-17-7-3-13-35(41)36-14-4-8-18-42(36)47)23-25-39(45)40-26-24-34(29-46(40)49)48-43-19-9-5-15-37(43)38-16-6-10-20-44(38)48/h1-29H. The van der Waals surface area contributed by atoms with Crippen LogP contribution in [0.2, 0.25) is 0 Å². The minimum atomic E-state index is 1.15. The molecule has 8 aromatic carbocycles. The molecule has 3 heterocycles. The van der Waals surface area contributed by atoms with Gasteiger partial charge in [-0.1, -0.05) is 115 Å². The van der Waals surface area contributed by atoms with Crippen molar-refractivity contribution < 1.29 is 0 Å². The maximum absolute atomic E-state index is 2.46. The summed E-state index contributed by atoms with van der Waals surface area (Å²) in [4.78, 5) is 0. The monoisotopic (exact) mass is 623 g/mol. The highest BCUT2D eigenvalue weighted by Gasteiger charge is 2.19. The predicted molar refractivity (Wildman–Crippen MR) is 207 cm³/mol. The van der Waals surface area contributed by atoms with Crippen LogP contribution in [0.1, 0.15) is 0 Å². The largest absolute Gasteiger partial charge is 0.309 e. The average molecular weight is 624 g/mol. The normalized spacial score (nSPS) is 12.1. The molecular weight excluding hydrogens is 595 g/mol. The van der Waals surface area contributed by atoms with Gasteiger partial charge in [-0.25, -0.2) is 0 Å². The van der Waals surface area contributed by atoms with E-state index in [1.165, 1.54) is 76.2 Å². The topological polar surface area (TPSA) is 14.8 Å². The van der Waals surface area contributed by atoms with Crippen LogP contribution in [0.5, 0.6) is 0 Å². The van der Waals surface area contributed by atoms with Crippen molar-refractivity contribution in [1.29, 1.82) is 0 Å². The third-order valence-corrected chi connectivity index (χ3v) is 10.4. The Morgan fingerprint density at radius 3 is 1.02 bits per heavy atom. The first-order chi connectivity index (χ1) is 24.3. The molecule has 0 aliphatic carbocycles. The highest BCUT2D eigenvalue weighted by atomic mass is 15.0. The molecule has 0 atom stereocenters. The van der Waals surface area contributed by atoms with Crippen LogP contribution >= 0.6 is 0 Å². The van der Waals surface area contributed by atoms with E-state index in [2.05, 4.69) is 190 Å². The van der Waals surface area contributed by atoms with Crippen molar-refractivity contribution in [3.63, 3.8) is 0 Å². The van der Waals surface area contributed by atoms with Gasteiger partial charge in [0.15, 0.2) is 0 Å². The van der Waals surface area contributed by atoms with Crippen LogP contribution < -0.4 is 0 Å². The molecular formula is C46H29N3. The van der Waals surface area contributed by atoms with Gasteiger partial charge < -0.3 is 13.7 Å². The quantitative estimate of drug-likeness (QED) is 0.186. The van der Waals surface area contributed by atoms with Gasteiger partial charge in [-0.15, -0.1) is 0 Å². The van der Waals surface area contributed by atoms with Crippen LogP contribution in [-0.4, -0.2) is 13.7 Å². The summed E-state index contributed by atoms with van der Waals surface area (Å²) in [7, 11) is 0. The lowest BCUT2D eigenvalue weighted by molar-refractivity contribution is 1.15. The summed E-state index contributed by atoms with van der Waals surface area (Å²) < 4.78 is 7.29. The van der Waals surface area contributed by atoms with Crippen molar-refractivity contribution in [2.75, 3.05) is 0 Å². The van der Waals surface area contributed by atoms with E-state index >= 15 is 0 Å². The summed E-state index contributed by atoms with van der Waals surface area (Å²) in [6.45, 7) is 0. The molecule has 3 nitrogen and oxygen atoms in total. The summed E-state index contributed by atoms with van der Waals surface area (Å²) in [5.74, 6) is 0. The van der Waals surface area contributed by atoms with Crippen LogP contribution in [0.4, 0.5) is 0 Å². The van der Waals surface area contributed by atoms with Crippen molar-refractivity contribution in [3.05, 3.63) is 176 Å². The fourth-order valence-electron chi connectivity index (χ4n) is 8.27. The van der Waals surface area contributed by atoms with E-state index in [1.54, 1.807) is 0 Å². The molecule has 0 bridgehead atoms. The molecule has 0 aliphatic rings. The zero-order chi connectivity index (χ0) is 32.1. The first-order valence-electron chi connectivity index (χ1n) is 16.9. The van der Waals surface area contributed by atoms with Gasteiger partial charge in [0.05, 0.1) is 33.1 Å². The van der Waals surface area contributed by atoms with Gasteiger partial charge in [-0.2, -0.15) is 0 Å². The summed E-state index contributed by atoms with van der Waals surface area (Å²) in [6.07, 6.45) is 0. The molecule has 0 saturated heterocycles. The molecule has 3 heteroatoms. The number of nitrogens with zero attached hydrogens (tertiary/aromatic N) is 3. The van der Waals surface area contributed by atoms with E-state index in [4.69, 9.17) is 0 Å². The van der Waals surface area contributed by atoms with Gasteiger partial charge in [0, 0.05) is 49.4 Å². The maximum Gasteiger partial charge on any atom is 0.0561 e. The number of hydrogen-bond acceptors (Lipinski definition) is 0. The Morgan fingerprint density at radius 2 is 0.551 bits per heavy atom. The second kappa shape index (κ2) is 9.96. The lowest BCUT2D eigenvalue weighted by atomic mass is 10.1. The Kier molecular flexibility index (Phi) is 5.38. The van der Waals surface area contributed by atoms with E-state index in [-0.39, 0.29) is 0 Å². The average Bonchev–Trinajstić information content (AvgIpc) is 3.80. The molecule has 0 radical (unpaired) electrons. The van der Waals surface area contributed by atoms with Crippen molar-refractivity contribution in [2.45, 2.75) is 0 Å². The van der Waals surface area contributed by atoms with Crippen molar-refractivity contribution in [3.8, 4) is 17.1 Å². The minimum Gasteiger partial charge on any atom is -0.309 e. The minimum absolute atomic E-state index is 1.15. The second-order valence-corrected chi connectivity index (χ2v) is 13.0. The Labute approximate surface area is 282 Å². The third-order valence-electron chi connectivity index (χ3n) is 10.4. The highest BCUT2D eigenvalue weighted by molar-refractivity contribution is 6.13. The van der Waals surface area contributed by atoms with Crippen LogP contribution in [0.25, 0.3) is 93.3 Å². The fourth-order valence-corrected chi connectivity index (χ4v) is 8.27. The Bertz CT molecular complexity index is 2840. The smallest absolute Gasteiger partial charge is 0.0561 e. The maximum atomic E-state index is 2.46. The molecule has 11 rings (SSSR count). The zero-order valence-corrected chi connectivity index (χ0v) is 26.6. The van der Waals surface area contributed by atoms with E-state index in [9.17, 15) is 0 Å². The number of aromatic nitrogens is 3. The number of rotatable bonds is 3. The molecule has 49 heavy (non-hydrogen) atoms. The molecule has 0 N–H and O–H groups in total. The molecule has 0 spiro atoms. The van der Waals surface area contributed by atoms with E-state index < -0.39 is 0 Å². The van der Waals surface area contributed by atoms with Gasteiger partial charge >= 0.3 is 0 Å². The first-order valence-corrected chi connectivity index (χ1v) is 16.9. The molecule has 0 unspecified atom stereocenters. The van der Waals surface area contributed by atoms with Crippen LogP contribution in [-0.2, 0) is 0 Å². The fraction of sp³-hybridized carbons (Fsp3) is 0. The number of para-hydroxylation sites is 4. The van der Waals surface area contributed by atoms with Gasteiger partial charge in [0.2, 0.25) is 0 Å². The molecule has 0 fully saturated rings. The lowest BCUT2D eigenvalue weighted by Gasteiger charge is -2.13. The van der Waals surface area contributed by atoms with Gasteiger partial charge in [-0.05, 0) is 71.4 Å². The molecule has 0 amide bonds. The summed E-state index contributed by atoms with van der Waals surface area (Å²) >= 11 is 0. The van der Waals surface area contributed by atoms with Crippen molar-refractivity contribution in [2.24, 2.45) is 0 Å². The summed E-state index contributed by atoms with van der Waals surface area (Å²) in [5, 5.41) is 10.0. The predicted octanol–water partition coefficient (Wildman–Crippen LogP) is 12.1. The first kappa shape index (κ1) is 26.5. The van der Waals surface area contributed by atoms with E-state index in [0.717, 1.165) is 17.1 Å². The van der Waals surface area contributed by atoms with Crippen LogP contribution in [0, 0.1) is 0 Å². The molecule has 0 saturated carbocycles. The molecule has 3 aromatic heterocycles. The number of fused-ring (bicyclic) bond motifs is 10. The van der Waals surface area contributed by atoms with Gasteiger partial charge in [0.1, 0.15) is 0 Å². The molecule has 0 aliphatic heterocycles. The van der Waals surface area contributed by atoms with Gasteiger partial charge in [0.25, 0.3) is 0 Å². The zero-order valence-electron chi connectivity index (χ0n) is 26.6. The lowest BCUT2D eigenvalue weighted by Crippen LogP contribution is -1.98. The molecule has 228 valence electrons. The summed E-state index contributed by atoms with van der Waals surface area (Å²) in [6, 6.07) is 64.4. The summed E-state index contributed by atoms with van der Waals surface area (Å²) in [5.41, 5.74) is 10.7. The Morgan fingerprint density at radius 1 is 0.224 bits per heavy atom. The van der Waals surface area contributed by atoms with Crippen LogP contribution in [0.3, 0.4) is 0 Å². The second-order valence-electron chi connectivity index (χ2n) is 13.0. The van der Waals surface area contributed by atoms with E-state index in [1.807, 2.05) is 0 Å². The van der Waals surface area contributed by atoms with Gasteiger partial charge in [-0.3, -0.25) is 0 Å². The van der Waals surface area contributed by atoms with Crippen LogP contribution in [0.15, 0.2) is 176 Å². The third kappa shape index (κ3) is 3.73.